The normalized spacial score (nSPS) is 16.2. The van der Waals surface area contributed by atoms with Gasteiger partial charge >= 0.3 is 0 Å². The molecule has 1 aromatic rings. The van der Waals surface area contributed by atoms with E-state index in [1.54, 1.807) is 7.11 Å². The van der Waals surface area contributed by atoms with Crippen molar-refractivity contribution in [2.45, 2.75) is 12.8 Å². The molecule has 2 heteroatoms. The van der Waals surface area contributed by atoms with Gasteiger partial charge in [-0.2, -0.15) is 0 Å². The fourth-order valence-corrected chi connectivity index (χ4v) is 1.76. The Morgan fingerprint density at radius 1 is 1.14 bits per heavy atom. The summed E-state index contributed by atoms with van der Waals surface area (Å²) in [4.78, 5) is 11.6. The van der Waals surface area contributed by atoms with Crippen LogP contribution in [0.15, 0.2) is 36.1 Å². The molecule has 0 saturated heterocycles. The highest BCUT2D eigenvalue weighted by molar-refractivity contribution is 6.23. The number of Topliss-reactive ketones (excluding diaryl/α,β-unsaturated/α-hetero) is 1. The van der Waals surface area contributed by atoms with Crippen LogP contribution in [0, 0.1) is 0 Å². The predicted octanol–water partition coefficient (Wildman–Crippen LogP) is 2.41. The van der Waals surface area contributed by atoms with Gasteiger partial charge < -0.3 is 4.74 Å². The number of allylic oxidation sites excluding steroid dienone is 2. The van der Waals surface area contributed by atoms with Gasteiger partial charge in [-0.1, -0.05) is 30.3 Å². The Morgan fingerprint density at radius 3 is 2.50 bits per heavy atom. The molecule has 14 heavy (non-hydrogen) atoms. The van der Waals surface area contributed by atoms with Crippen LogP contribution in [0.4, 0.5) is 0 Å². The van der Waals surface area contributed by atoms with E-state index in [1.807, 2.05) is 30.3 Å². The zero-order valence-corrected chi connectivity index (χ0v) is 8.12. The second-order valence-electron chi connectivity index (χ2n) is 3.29. The van der Waals surface area contributed by atoms with Crippen LogP contribution in [0.5, 0.6) is 0 Å². The van der Waals surface area contributed by atoms with E-state index in [9.17, 15) is 4.79 Å². The van der Waals surface area contributed by atoms with Crippen LogP contribution in [-0.4, -0.2) is 12.9 Å². The highest BCUT2D eigenvalue weighted by atomic mass is 16.5. The Morgan fingerprint density at radius 2 is 1.86 bits per heavy atom. The van der Waals surface area contributed by atoms with Gasteiger partial charge in [0.2, 0.25) is 0 Å². The predicted molar refractivity (Wildman–Crippen MR) is 54.6 cm³/mol. The van der Waals surface area contributed by atoms with E-state index in [2.05, 4.69) is 0 Å². The minimum absolute atomic E-state index is 0.188. The third-order valence-corrected chi connectivity index (χ3v) is 2.45. The van der Waals surface area contributed by atoms with Gasteiger partial charge in [0.15, 0.2) is 5.78 Å². The van der Waals surface area contributed by atoms with Crippen LogP contribution in [0.25, 0.3) is 5.57 Å². The number of hydrogen-bond donors (Lipinski definition) is 0. The van der Waals surface area contributed by atoms with Gasteiger partial charge in [0.25, 0.3) is 0 Å². The summed E-state index contributed by atoms with van der Waals surface area (Å²) in [6.45, 7) is 0. The van der Waals surface area contributed by atoms with E-state index in [0.717, 1.165) is 23.3 Å². The summed E-state index contributed by atoms with van der Waals surface area (Å²) < 4.78 is 5.21. The van der Waals surface area contributed by atoms with Crippen molar-refractivity contribution in [2.75, 3.05) is 7.11 Å². The zero-order valence-electron chi connectivity index (χ0n) is 8.12. The number of carbonyl (C=O) groups excluding carboxylic acids is 1. The van der Waals surface area contributed by atoms with Gasteiger partial charge in [0.1, 0.15) is 5.76 Å². The Bertz CT molecular complexity index is 377. The summed E-state index contributed by atoms with van der Waals surface area (Å²) >= 11 is 0. The number of rotatable bonds is 2. The molecule has 0 aromatic heterocycles. The molecule has 1 aromatic carbocycles. The molecule has 2 rings (SSSR count). The van der Waals surface area contributed by atoms with Crippen molar-refractivity contribution in [3.63, 3.8) is 0 Å². The fourth-order valence-electron chi connectivity index (χ4n) is 1.76. The Kier molecular flexibility index (Phi) is 2.35. The maximum absolute atomic E-state index is 11.6. The summed E-state index contributed by atoms with van der Waals surface area (Å²) in [5, 5.41) is 0. The van der Waals surface area contributed by atoms with Crippen molar-refractivity contribution in [1.29, 1.82) is 0 Å². The lowest BCUT2D eigenvalue weighted by Gasteiger charge is -2.04. The van der Waals surface area contributed by atoms with Crippen LogP contribution in [-0.2, 0) is 9.53 Å². The van der Waals surface area contributed by atoms with Crippen LogP contribution < -0.4 is 0 Å². The van der Waals surface area contributed by atoms with Gasteiger partial charge in [-0.25, -0.2) is 0 Å². The van der Waals surface area contributed by atoms with Crippen LogP contribution in [0.3, 0.4) is 0 Å². The molecule has 0 heterocycles. The molecule has 0 N–H and O–H groups in total. The number of methoxy groups -OCH3 is 1. The van der Waals surface area contributed by atoms with Crippen molar-refractivity contribution in [3.8, 4) is 0 Å². The van der Waals surface area contributed by atoms with E-state index in [1.165, 1.54) is 0 Å². The smallest absolute Gasteiger partial charge is 0.167 e. The molecule has 0 spiro atoms. The van der Waals surface area contributed by atoms with Crippen LogP contribution >= 0.6 is 0 Å². The molecule has 0 unspecified atom stereocenters. The van der Waals surface area contributed by atoms with E-state index < -0.39 is 0 Å². The van der Waals surface area contributed by atoms with Crippen molar-refractivity contribution < 1.29 is 9.53 Å². The van der Waals surface area contributed by atoms with Crippen LogP contribution in [0.1, 0.15) is 18.4 Å². The number of hydrogen-bond acceptors (Lipinski definition) is 2. The van der Waals surface area contributed by atoms with Gasteiger partial charge in [0.05, 0.1) is 12.7 Å². The van der Waals surface area contributed by atoms with E-state index >= 15 is 0 Å². The highest BCUT2D eigenvalue weighted by Gasteiger charge is 2.24. The lowest BCUT2D eigenvalue weighted by atomic mass is 10.0. The van der Waals surface area contributed by atoms with Gasteiger partial charge in [-0.05, 0) is 5.56 Å². The first kappa shape index (κ1) is 9.00. The molecule has 0 fully saturated rings. The molecule has 0 aliphatic heterocycles. The third kappa shape index (κ3) is 1.43. The molecular weight excluding hydrogens is 176 g/mol. The average molecular weight is 188 g/mol. The molecule has 0 amide bonds. The third-order valence-electron chi connectivity index (χ3n) is 2.45. The minimum Gasteiger partial charge on any atom is -0.500 e. The SMILES string of the molecule is COC1=C(c2ccccc2)C(=O)CC1. The average Bonchev–Trinajstić information content (AvgIpc) is 2.61. The second kappa shape index (κ2) is 3.66. The molecule has 0 saturated carbocycles. The highest BCUT2D eigenvalue weighted by Crippen LogP contribution is 2.30. The summed E-state index contributed by atoms with van der Waals surface area (Å²) in [6, 6.07) is 9.69. The monoisotopic (exact) mass is 188 g/mol. The standard InChI is InChI=1S/C12H12O2/c1-14-11-8-7-10(13)12(11)9-5-3-2-4-6-9/h2-6H,7-8H2,1H3. The molecule has 2 nitrogen and oxygen atoms in total. The molecule has 72 valence electrons. The lowest BCUT2D eigenvalue weighted by molar-refractivity contribution is -0.113. The molecule has 0 atom stereocenters. The maximum atomic E-state index is 11.6. The van der Waals surface area contributed by atoms with E-state index in [4.69, 9.17) is 4.74 Å². The van der Waals surface area contributed by atoms with Crippen molar-refractivity contribution in [3.05, 3.63) is 41.7 Å². The van der Waals surface area contributed by atoms with E-state index in [0.29, 0.717) is 6.42 Å². The van der Waals surface area contributed by atoms with Gasteiger partial charge in [0, 0.05) is 12.8 Å². The fraction of sp³-hybridized carbons (Fsp3) is 0.250. The number of ether oxygens (including phenoxy) is 1. The molecule has 1 aliphatic rings. The molecular formula is C12H12O2. The summed E-state index contributed by atoms with van der Waals surface area (Å²) in [7, 11) is 1.62. The first-order valence-electron chi connectivity index (χ1n) is 4.68. The quantitative estimate of drug-likeness (QED) is 0.712. The maximum Gasteiger partial charge on any atom is 0.167 e. The topological polar surface area (TPSA) is 26.3 Å². The van der Waals surface area contributed by atoms with Crippen LogP contribution in [0.2, 0.25) is 0 Å². The van der Waals surface area contributed by atoms with Gasteiger partial charge in [-0.3, -0.25) is 4.79 Å². The lowest BCUT2D eigenvalue weighted by Crippen LogP contribution is -1.96. The summed E-state index contributed by atoms with van der Waals surface area (Å²) in [6.07, 6.45) is 1.31. The summed E-state index contributed by atoms with van der Waals surface area (Å²) in [5.74, 6) is 1.01. The molecule has 0 bridgehead atoms. The van der Waals surface area contributed by atoms with Crippen molar-refractivity contribution >= 4 is 11.4 Å². The van der Waals surface area contributed by atoms with Gasteiger partial charge in [-0.15, -0.1) is 0 Å². The largest absolute Gasteiger partial charge is 0.500 e. The Balaban J connectivity index is 2.46. The number of ketones is 1. The zero-order chi connectivity index (χ0) is 9.97. The first-order chi connectivity index (χ1) is 6.83. The molecule has 0 radical (unpaired) electrons. The van der Waals surface area contributed by atoms with Crippen molar-refractivity contribution in [2.24, 2.45) is 0 Å². The Hall–Kier alpha value is -1.57. The minimum atomic E-state index is 0.188. The first-order valence-corrected chi connectivity index (χ1v) is 4.68. The second-order valence-corrected chi connectivity index (χ2v) is 3.29. The van der Waals surface area contributed by atoms with Crippen molar-refractivity contribution in [1.82, 2.24) is 0 Å². The van der Waals surface area contributed by atoms with E-state index in [-0.39, 0.29) is 5.78 Å². The Labute approximate surface area is 83.2 Å². The number of carbonyl (C=O) groups is 1. The molecule has 1 aliphatic carbocycles. The summed E-state index contributed by atoms with van der Waals surface area (Å²) in [5.41, 5.74) is 1.72. The number of benzene rings is 1.